The number of hydrogen-bond donors (Lipinski definition) is 1. The number of nitrogens with zero attached hydrogens (tertiary/aromatic N) is 2. The van der Waals surface area contributed by atoms with Gasteiger partial charge >= 0.3 is 0 Å². The van der Waals surface area contributed by atoms with Crippen LogP contribution in [-0.4, -0.2) is 33.9 Å². The van der Waals surface area contributed by atoms with Crippen molar-refractivity contribution in [2.75, 3.05) is 13.1 Å². The molecule has 0 aliphatic carbocycles. The van der Waals surface area contributed by atoms with Gasteiger partial charge in [-0.15, -0.1) is 0 Å². The highest BCUT2D eigenvalue weighted by atomic mass is 16.2. The first-order valence-corrected chi connectivity index (χ1v) is 8.16. The minimum absolute atomic E-state index is 0.287. The molecule has 116 valence electrons. The number of aryl methyl sites for hydroxylation is 2. The SMILES string of the molecule is O=C(CCCc1ccccc1)N1CCCc2[nH]cnc2CC1. The number of nitrogens with one attached hydrogen (secondary N) is 1. The van der Waals surface area contributed by atoms with Crippen molar-refractivity contribution in [2.45, 2.75) is 38.5 Å². The van der Waals surface area contributed by atoms with E-state index in [2.05, 4.69) is 34.2 Å². The van der Waals surface area contributed by atoms with E-state index in [1.165, 1.54) is 11.3 Å². The average Bonchev–Trinajstić information content (AvgIpc) is 2.95. The van der Waals surface area contributed by atoms with Crippen LogP contribution < -0.4 is 0 Å². The number of fused-ring (bicyclic) bond motifs is 1. The first-order chi connectivity index (χ1) is 10.8. The molecule has 4 nitrogen and oxygen atoms in total. The molecule has 1 aromatic heterocycles. The van der Waals surface area contributed by atoms with Crippen LogP contribution in [-0.2, 0) is 24.1 Å². The molecule has 0 atom stereocenters. The van der Waals surface area contributed by atoms with Gasteiger partial charge in [0.15, 0.2) is 0 Å². The Morgan fingerprint density at radius 1 is 1.18 bits per heavy atom. The van der Waals surface area contributed by atoms with Crippen LogP contribution in [0, 0.1) is 0 Å². The van der Waals surface area contributed by atoms with Gasteiger partial charge in [0, 0.05) is 31.6 Å². The molecule has 2 aromatic rings. The van der Waals surface area contributed by atoms with Crippen molar-refractivity contribution >= 4 is 5.91 Å². The summed E-state index contributed by atoms with van der Waals surface area (Å²) in [4.78, 5) is 22.0. The predicted molar refractivity (Wildman–Crippen MR) is 86.6 cm³/mol. The highest BCUT2D eigenvalue weighted by Gasteiger charge is 2.17. The highest BCUT2D eigenvalue weighted by Crippen LogP contribution is 2.14. The van der Waals surface area contributed by atoms with Crippen LogP contribution in [0.4, 0.5) is 0 Å². The first-order valence-electron chi connectivity index (χ1n) is 8.16. The molecule has 0 saturated heterocycles. The zero-order valence-electron chi connectivity index (χ0n) is 12.9. The number of carbonyl (C=O) groups is 1. The third-order valence-electron chi connectivity index (χ3n) is 4.33. The Balaban J connectivity index is 1.48. The summed E-state index contributed by atoms with van der Waals surface area (Å²) in [5.74, 6) is 0.287. The molecule has 22 heavy (non-hydrogen) atoms. The van der Waals surface area contributed by atoms with E-state index < -0.39 is 0 Å². The molecule has 0 fully saturated rings. The second kappa shape index (κ2) is 7.25. The maximum Gasteiger partial charge on any atom is 0.222 e. The second-order valence-electron chi connectivity index (χ2n) is 5.90. The average molecular weight is 297 g/mol. The molecular weight excluding hydrogens is 274 g/mol. The molecule has 0 radical (unpaired) electrons. The van der Waals surface area contributed by atoms with E-state index in [1.54, 1.807) is 6.33 Å². The topological polar surface area (TPSA) is 49.0 Å². The summed E-state index contributed by atoms with van der Waals surface area (Å²) < 4.78 is 0. The van der Waals surface area contributed by atoms with Crippen molar-refractivity contribution in [3.63, 3.8) is 0 Å². The van der Waals surface area contributed by atoms with Gasteiger partial charge in [-0.3, -0.25) is 4.79 Å². The number of aromatic nitrogens is 2. The fourth-order valence-corrected chi connectivity index (χ4v) is 3.08. The molecule has 1 aromatic carbocycles. The van der Waals surface area contributed by atoms with E-state index in [9.17, 15) is 4.79 Å². The Morgan fingerprint density at radius 2 is 2.05 bits per heavy atom. The van der Waals surface area contributed by atoms with Gasteiger partial charge in [0.25, 0.3) is 0 Å². The molecule has 1 N–H and O–H groups in total. The number of amides is 1. The van der Waals surface area contributed by atoms with Gasteiger partial charge in [0.05, 0.1) is 12.0 Å². The summed E-state index contributed by atoms with van der Waals surface area (Å²) >= 11 is 0. The van der Waals surface area contributed by atoms with Gasteiger partial charge < -0.3 is 9.88 Å². The Bertz CT molecular complexity index is 606. The van der Waals surface area contributed by atoms with Crippen molar-refractivity contribution < 1.29 is 4.79 Å². The Hall–Kier alpha value is -2.10. The minimum Gasteiger partial charge on any atom is -0.348 e. The molecule has 0 saturated carbocycles. The Kier molecular flexibility index (Phi) is 4.88. The van der Waals surface area contributed by atoms with E-state index >= 15 is 0 Å². The lowest BCUT2D eigenvalue weighted by Crippen LogP contribution is -2.35. The zero-order chi connectivity index (χ0) is 15.2. The van der Waals surface area contributed by atoms with Gasteiger partial charge in [0.2, 0.25) is 5.91 Å². The van der Waals surface area contributed by atoms with Crippen LogP contribution in [0.15, 0.2) is 36.7 Å². The van der Waals surface area contributed by atoms with Gasteiger partial charge in [0.1, 0.15) is 0 Å². The van der Waals surface area contributed by atoms with E-state index in [4.69, 9.17) is 0 Å². The maximum atomic E-state index is 12.4. The zero-order valence-corrected chi connectivity index (χ0v) is 12.9. The largest absolute Gasteiger partial charge is 0.348 e. The number of imidazole rings is 1. The molecule has 2 heterocycles. The van der Waals surface area contributed by atoms with Crippen LogP contribution in [0.1, 0.15) is 36.2 Å². The fraction of sp³-hybridized carbons (Fsp3) is 0.444. The summed E-state index contributed by atoms with van der Waals surface area (Å²) in [5.41, 5.74) is 3.68. The third kappa shape index (κ3) is 3.75. The van der Waals surface area contributed by atoms with Crippen molar-refractivity contribution in [1.29, 1.82) is 0 Å². The Labute approximate surface area is 131 Å². The quantitative estimate of drug-likeness (QED) is 0.943. The minimum atomic E-state index is 0.287. The van der Waals surface area contributed by atoms with Crippen LogP contribution in [0.2, 0.25) is 0 Å². The summed E-state index contributed by atoms with van der Waals surface area (Å²) in [6, 6.07) is 10.4. The first kappa shape index (κ1) is 14.8. The van der Waals surface area contributed by atoms with Gasteiger partial charge in [-0.1, -0.05) is 30.3 Å². The standard InChI is InChI=1S/C18H23N3O/c22-18(10-4-8-15-6-2-1-3-7-15)21-12-5-9-16-17(11-13-21)20-14-19-16/h1-3,6-7,14H,4-5,8-13H2,(H,19,20). The van der Waals surface area contributed by atoms with E-state index in [0.29, 0.717) is 6.42 Å². The van der Waals surface area contributed by atoms with Gasteiger partial charge in [-0.05, 0) is 31.2 Å². The molecule has 1 aliphatic rings. The monoisotopic (exact) mass is 297 g/mol. The molecule has 3 rings (SSSR count). The lowest BCUT2D eigenvalue weighted by Gasteiger charge is -2.24. The van der Waals surface area contributed by atoms with Crippen molar-refractivity contribution in [2.24, 2.45) is 0 Å². The molecule has 0 spiro atoms. The lowest BCUT2D eigenvalue weighted by atomic mass is 10.1. The van der Waals surface area contributed by atoms with Crippen molar-refractivity contribution in [1.82, 2.24) is 14.9 Å². The van der Waals surface area contributed by atoms with Gasteiger partial charge in [-0.25, -0.2) is 4.98 Å². The van der Waals surface area contributed by atoms with E-state index in [-0.39, 0.29) is 5.91 Å². The third-order valence-corrected chi connectivity index (χ3v) is 4.33. The molecule has 0 bridgehead atoms. The number of aromatic amines is 1. The number of H-pyrrole nitrogens is 1. The van der Waals surface area contributed by atoms with Crippen LogP contribution in [0.3, 0.4) is 0 Å². The normalized spacial score (nSPS) is 15.0. The van der Waals surface area contributed by atoms with Crippen LogP contribution >= 0.6 is 0 Å². The molecule has 0 unspecified atom stereocenters. The fourth-order valence-electron chi connectivity index (χ4n) is 3.08. The predicted octanol–water partition coefficient (Wildman–Crippen LogP) is 2.75. The van der Waals surface area contributed by atoms with Gasteiger partial charge in [-0.2, -0.15) is 0 Å². The second-order valence-corrected chi connectivity index (χ2v) is 5.90. The van der Waals surface area contributed by atoms with Crippen molar-refractivity contribution in [3.05, 3.63) is 53.6 Å². The maximum absolute atomic E-state index is 12.4. The summed E-state index contributed by atoms with van der Waals surface area (Å²) in [5, 5.41) is 0. The number of hydrogen-bond acceptors (Lipinski definition) is 2. The van der Waals surface area contributed by atoms with E-state index in [1.807, 2.05) is 11.0 Å². The number of benzene rings is 1. The highest BCUT2D eigenvalue weighted by molar-refractivity contribution is 5.76. The van der Waals surface area contributed by atoms with E-state index in [0.717, 1.165) is 50.9 Å². The summed E-state index contributed by atoms with van der Waals surface area (Å²) in [6.07, 6.45) is 7.17. The molecular formula is C18H23N3O. The lowest BCUT2D eigenvalue weighted by molar-refractivity contribution is -0.131. The smallest absolute Gasteiger partial charge is 0.222 e. The van der Waals surface area contributed by atoms with Crippen molar-refractivity contribution in [3.8, 4) is 0 Å². The summed E-state index contributed by atoms with van der Waals surface area (Å²) in [6.45, 7) is 1.66. The number of rotatable bonds is 4. The van der Waals surface area contributed by atoms with Crippen LogP contribution in [0.25, 0.3) is 0 Å². The molecule has 1 amide bonds. The molecule has 4 heteroatoms. The molecule has 1 aliphatic heterocycles. The summed E-state index contributed by atoms with van der Waals surface area (Å²) in [7, 11) is 0. The number of carbonyl (C=O) groups excluding carboxylic acids is 1. The van der Waals surface area contributed by atoms with Crippen LogP contribution in [0.5, 0.6) is 0 Å². The Morgan fingerprint density at radius 3 is 2.91 bits per heavy atom.